The summed E-state index contributed by atoms with van der Waals surface area (Å²) in [5.74, 6) is -0.511. The van der Waals surface area contributed by atoms with Crippen LogP contribution in [0.15, 0.2) is 16.9 Å². The first kappa shape index (κ1) is 13.6. The largest absolute Gasteiger partial charge is 0.494 e. The molecule has 6 nitrogen and oxygen atoms in total. The Morgan fingerprint density at radius 2 is 2.05 bits per heavy atom. The van der Waals surface area contributed by atoms with E-state index in [0.717, 1.165) is 25.9 Å². The maximum absolute atomic E-state index is 12.3. The number of likely N-dealkylation sites (tertiary alicyclic amines) is 1. The topological polar surface area (TPSA) is 76.6 Å². The second kappa shape index (κ2) is 5.44. The van der Waals surface area contributed by atoms with Crippen LogP contribution in [-0.2, 0) is 0 Å². The first-order valence-corrected chi connectivity index (χ1v) is 6.36. The summed E-state index contributed by atoms with van der Waals surface area (Å²) in [4.78, 5) is 29.7. The van der Waals surface area contributed by atoms with Crippen LogP contribution in [0.5, 0.6) is 5.88 Å². The predicted octanol–water partition coefficient (Wildman–Crippen LogP) is 0.247. The molecule has 2 rings (SSSR count). The van der Waals surface area contributed by atoms with Gasteiger partial charge in [-0.1, -0.05) is 0 Å². The van der Waals surface area contributed by atoms with Gasteiger partial charge in [0.05, 0.1) is 5.56 Å². The van der Waals surface area contributed by atoms with E-state index in [2.05, 4.69) is 16.9 Å². The number of pyridine rings is 1. The Balaban J connectivity index is 2.12. The van der Waals surface area contributed by atoms with E-state index >= 15 is 0 Å². The molecule has 1 aromatic rings. The number of carbonyl (C=O) groups excluding carboxylic acids is 1. The standard InChI is InChI=1S/C13H19N3O3/c1-15-5-3-10(4-6-15)16(2)13(19)9-7-11(17)14-12(18)8-9/h7-8,10H,3-6H2,1-2H3,(H2,14,17,18). The van der Waals surface area contributed by atoms with Crippen LogP contribution in [0, 0.1) is 0 Å². The van der Waals surface area contributed by atoms with E-state index in [1.165, 1.54) is 12.1 Å². The molecule has 2 N–H and O–H groups in total. The van der Waals surface area contributed by atoms with E-state index < -0.39 is 5.56 Å². The third kappa shape index (κ3) is 3.14. The van der Waals surface area contributed by atoms with E-state index in [-0.39, 0.29) is 23.4 Å². The molecule has 1 fully saturated rings. The number of nitrogens with zero attached hydrogens (tertiary/aromatic N) is 2. The van der Waals surface area contributed by atoms with Gasteiger partial charge in [0.2, 0.25) is 0 Å². The number of amides is 1. The van der Waals surface area contributed by atoms with Crippen LogP contribution >= 0.6 is 0 Å². The highest BCUT2D eigenvalue weighted by Crippen LogP contribution is 2.17. The summed E-state index contributed by atoms with van der Waals surface area (Å²) in [7, 11) is 3.81. The first-order chi connectivity index (χ1) is 8.97. The van der Waals surface area contributed by atoms with Crippen LogP contribution in [0.25, 0.3) is 0 Å². The molecule has 104 valence electrons. The molecule has 0 bridgehead atoms. The SMILES string of the molecule is CN1CCC(N(C)C(=O)c2cc(O)[nH]c(=O)c2)CC1. The van der Waals surface area contributed by atoms with Crippen molar-refractivity contribution in [2.45, 2.75) is 18.9 Å². The van der Waals surface area contributed by atoms with E-state index in [0.29, 0.717) is 0 Å². The average molecular weight is 265 g/mol. The van der Waals surface area contributed by atoms with Gasteiger partial charge in [-0.25, -0.2) is 0 Å². The Bertz CT molecular complexity index is 518. The number of hydrogen-bond acceptors (Lipinski definition) is 4. The van der Waals surface area contributed by atoms with E-state index in [1.807, 2.05) is 0 Å². The maximum Gasteiger partial charge on any atom is 0.254 e. The second-order valence-electron chi connectivity index (χ2n) is 5.07. The lowest BCUT2D eigenvalue weighted by atomic mass is 10.0. The van der Waals surface area contributed by atoms with Crippen LogP contribution < -0.4 is 5.56 Å². The minimum atomic E-state index is -0.472. The summed E-state index contributed by atoms with van der Waals surface area (Å²) in [5, 5.41) is 9.34. The van der Waals surface area contributed by atoms with Gasteiger partial charge < -0.3 is 14.9 Å². The highest BCUT2D eigenvalue weighted by molar-refractivity contribution is 5.94. The third-order valence-electron chi connectivity index (χ3n) is 3.63. The minimum Gasteiger partial charge on any atom is -0.494 e. The van der Waals surface area contributed by atoms with E-state index in [9.17, 15) is 14.7 Å². The van der Waals surface area contributed by atoms with Crippen molar-refractivity contribution < 1.29 is 9.90 Å². The van der Waals surface area contributed by atoms with Crippen LogP contribution in [0.3, 0.4) is 0 Å². The number of aromatic nitrogens is 1. The summed E-state index contributed by atoms with van der Waals surface area (Å²) in [5.41, 5.74) is -0.247. The molecule has 1 aromatic heterocycles. The molecule has 1 amide bonds. The van der Waals surface area contributed by atoms with Crippen molar-refractivity contribution in [3.63, 3.8) is 0 Å². The Morgan fingerprint density at radius 3 is 2.63 bits per heavy atom. The zero-order valence-corrected chi connectivity index (χ0v) is 11.2. The quantitative estimate of drug-likeness (QED) is 0.803. The van der Waals surface area contributed by atoms with Gasteiger partial charge in [0.25, 0.3) is 11.5 Å². The monoisotopic (exact) mass is 265 g/mol. The highest BCUT2D eigenvalue weighted by Gasteiger charge is 2.25. The van der Waals surface area contributed by atoms with Crippen molar-refractivity contribution in [1.82, 2.24) is 14.8 Å². The summed E-state index contributed by atoms with van der Waals surface area (Å²) in [6.07, 6.45) is 1.85. The van der Waals surface area contributed by atoms with Crippen molar-refractivity contribution in [2.75, 3.05) is 27.2 Å². The molecule has 0 unspecified atom stereocenters. The molecule has 0 atom stereocenters. The number of carbonyl (C=O) groups is 1. The van der Waals surface area contributed by atoms with Crippen molar-refractivity contribution in [2.24, 2.45) is 0 Å². The van der Waals surface area contributed by atoms with Crippen LogP contribution in [0.4, 0.5) is 0 Å². The van der Waals surface area contributed by atoms with Gasteiger partial charge in [-0.3, -0.25) is 14.6 Å². The fourth-order valence-electron chi connectivity index (χ4n) is 2.40. The van der Waals surface area contributed by atoms with Gasteiger partial charge >= 0.3 is 0 Å². The summed E-state index contributed by atoms with van der Waals surface area (Å²) >= 11 is 0. The molecule has 19 heavy (non-hydrogen) atoms. The van der Waals surface area contributed by atoms with Gasteiger partial charge in [-0.2, -0.15) is 0 Å². The normalized spacial score (nSPS) is 17.4. The fraction of sp³-hybridized carbons (Fsp3) is 0.538. The Labute approximate surface area is 111 Å². The molecule has 0 aromatic carbocycles. The number of hydrogen-bond donors (Lipinski definition) is 2. The van der Waals surface area contributed by atoms with E-state index in [1.54, 1.807) is 11.9 Å². The minimum absolute atomic E-state index is 0.185. The van der Waals surface area contributed by atoms with Crippen molar-refractivity contribution in [1.29, 1.82) is 0 Å². The van der Waals surface area contributed by atoms with E-state index in [4.69, 9.17) is 0 Å². The Kier molecular flexibility index (Phi) is 3.90. The molecule has 0 spiro atoms. The molecule has 0 radical (unpaired) electrons. The zero-order chi connectivity index (χ0) is 14.0. The number of aromatic amines is 1. The smallest absolute Gasteiger partial charge is 0.254 e. The van der Waals surface area contributed by atoms with Crippen LogP contribution in [0.2, 0.25) is 0 Å². The number of rotatable bonds is 2. The molecular formula is C13H19N3O3. The average Bonchev–Trinajstić information content (AvgIpc) is 2.37. The predicted molar refractivity (Wildman–Crippen MR) is 71.3 cm³/mol. The number of aromatic hydroxyl groups is 1. The molecule has 0 aliphatic carbocycles. The number of piperidine rings is 1. The van der Waals surface area contributed by atoms with Crippen LogP contribution in [-0.4, -0.2) is 59.0 Å². The van der Waals surface area contributed by atoms with Crippen molar-refractivity contribution in [3.8, 4) is 5.88 Å². The molecule has 1 aliphatic heterocycles. The number of nitrogens with one attached hydrogen (secondary N) is 1. The summed E-state index contributed by atoms with van der Waals surface area (Å²) in [6, 6.07) is 2.69. The highest BCUT2D eigenvalue weighted by atomic mass is 16.3. The maximum atomic E-state index is 12.3. The van der Waals surface area contributed by atoms with Gasteiger partial charge in [0, 0.05) is 25.2 Å². The first-order valence-electron chi connectivity index (χ1n) is 6.36. The molecule has 1 aliphatic rings. The van der Waals surface area contributed by atoms with Crippen molar-refractivity contribution in [3.05, 3.63) is 28.0 Å². The number of H-pyrrole nitrogens is 1. The Morgan fingerprint density at radius 1 is 1.42 bits per heavy atom. The third-order valence-corrected chi connectivity index (χ3v) is 3.63. The van der Waals surface area contributed by atoms with Crippen LogP contribution in [0.1, 0.15) is 23.2 Å². The zero-order valence-electron chi connectivity index (χ0n) is 11.2. The second-order valence-corrected chi connectivity index (χ2v) is 5.07. The molecule has 2 heterocycles. The lowest BCUT2D eigenvalue weighted by molar-refractivity contribution is 0.0659. The summed E-state index contributed by atoms with van der Waals surface area (Å²) in [6.45, 7) is 1.92. The lowest BCUT2D eigenvalue weighted by Crippen LogP contribution is -2.44. The van der Waals surface area contributed by atoms with Crippen molar-refractivity contribution >= 4 is 5.91 Å². The van der Waals surface area contributed by atoms with Gasteiger partial charge in [-0.05, 0) is 33.0 Å². The molecule has 0 saturated carbocycles. The lowest BCUT2D eigenvalue weighted by Gasteiger charge is -2.35. The molecule has 1 saturated heterocycles. The Hall–Kier alpha value is -1.82. The molecular weight excluding hydrogens is 246 g/mol. The van der Waals surface area contributed by atoms with Gasteiger partial charge in [-0.15, -0.1) is 0 Å². The summed E-state index contributed by atoms with van der Waals surface area (Å²) < 4.78 is 0. The van der Waals surface area contributed by atoms with Gasteiger partial charge in [0.15, 0.2) is 5.88 Å². The molecule has 6 heteroatoms. The van der Waals surface area contributed by atoms with Gasteiger partial charge in [0.1, 0.15) is 0 Å². The fourth-order valence-corrected chi connectivity index (χ4v) is 2.40.